The molecule has 0 amide bonds. The van der Waals surface area contributed by atoms with Gasteiger partial charge in [0.25, 0.3) is 0 Å². The highest BCUT2D eigenvalue weighted by Crippen LogP contribution is 2.40. The molecule has 2 rings (SSSR count). The number of hydrogen-bond donors (Lipinski definition) is 0. The predicted octanol–water partition coefficient (Wildman–Crippen LogP) is 5.29. The van der Waals surface area contributed by atoms with E-state index in [1.54, 1.807) is 11.9 Å². The second-order valence-corrected chi connectivity index (χ2v) is 8.74. The maximum Gasteiger partial charge on any atom is 0.250 e. The molecule has 0 spiro atoms. The van der Waals surface area contributed by atoms with Gasteiger partial charge in [0.15, 0.2) is 11.6 Å². The Bertz CT molecular complexity index is 621. The van der Waals surface area contributed by atoms with Crippen molar-refractivity contribution in [2.75, 3.05) is 11.9 Å². The second kappa shape index (κ2) is 6.71. The number of hydrogen-bond acceptors (Lipinski definition) is 4. The van der Waals surface area contributed by atoms with E-state index in [0.29, 0.717) is 0 Å². The molecule has 0 saturated heterocycles. The lowest BCUT2D eigenvalue weighted by molar-refractivity contribution is 0.832. The number of anilines is 2. The molecule has 22 heavy (non-hydrogen) atoms. The van der Waals surface area contributed by atoms with Crippen molar-refractivity contribution in [1.82, 2.24) is 15.0 Å². The molecule has 118 valence electrons. The standard InChI is InChI=1S/C12H8Cl6N4/c1-22(7-5-3-2-4-6-7)10-20-8(11(13,14)15)19-9(21-10)12(16,17)18/h2-6H,1H3. The van der Waals surface area contributed by atoms with Crippen LogP contribution in [0.5, 0.6) is 0 Å². The van der Waals surface area contributed by atoms with Crippen molar-refractivity contribution >= 4 is 81.2 Å². The van der Waals surface area contributed by atoms with Crippen molar-refractivity contribution < 1.29 is 0 Å². The Hall–Kier alpha value is -0.230. The summed E-state index contributed by atoms with van der Waals surface area (Å²) >= 11 is 35.0. The Morgan fingerprint density at radius 2 is 1.23 bits per heavy atom. The first-order valence-electron chi connectivity index (χ1n) is 5.78. The first kappa shape index (κ1) is 18.1. The van der Waals surface area contributed by atoms with Gasteiger partial charge in [0.05, 0.1) is 0 Å². The maximum atomic E-state index is 5.83. The lowest BCUT2D eigenvalue weighted by atomic mass is 10.3. The summed E-state index contributed by atoms with van der Waals surface area (Å²) in [6.45, 7) is 0. The first-order valence-corrected chi connectivity index (χ1v) is 8.05. The van der Waals surface area contributed by atoms with Gasteiger partial charge >= 0.3 is 0 Å². The molecule has 0 aliphatic rings. The molecule has 1 aromatic heterocycles. The van der Waals surface area contributed by atoms with E-state index in [9.17, 15) is 0 Å². The third kappa shape index (κ3) is 4.40. The summed E-state index contributed by atoms with van der Waals surface area (Å²) in [4.78, 5) is 13.8. The van der Waals surface area contributed by atoms with Gasteiger partial charge in [0.2, 0.25) is 13.5 Å². The summed E-state index contributed by atoms with van der Waals surface area (Å²) in [7, 11) is 1.73. The largest absolute Gasteiger partial charge is 0.314 e. The molecule has 1 aromatic carbocycles. The van der Waals surface area contributed by atoms with E-state index in [4.69, 9.17) is 69.6 Å². The molecule has 0 atom stereocenters. The van der Waals surface area contributed by atoms with E-state index in [0.717, 1.165) is 5.69 Å². The molecule has 0 aliphatic carbocycles. The molecular weight excluding hydrogens is 413 g/mol. The van der Waals surface area contributed by atoms with Crippen LogP contribution in [0.15, 0.2) is 30.3 Å². The predicted molar refractivity (Wildman–Crippen MR) is 92.8 cm³/mol. The summed E-state index contributed by atoms with van der Waals surface area (Å²) in [6.07, 6.45) is 0. The fraction of sp³-hybridized carbons (Fsp3) is 0.250. The van der Waals surface area contributed by atoms with E-state index in [1.165, 1.54) is 0 Å². The van der Waals surface area contributed by atoms with E-state index in [2.05, 4.69) is 15.0 Å². The number of nitrogens with zero attached hydrogens (tertiary/aromatic N) is 4. The Morgan fingerprint density at radius 3 is 1.64 bits per heavy atom. The van der Waals surface area contributed by atoms with Crippen LogP contribution in [0.3, 0.4) is 0 Å². The minimum atomic E-state index is -1.88. The quantitative estimate of drug-likeness (QED) is 0.619. The van der Waals surface area contributed by atoms with E-state index in [-0.39, 0.29) is 17.6 Å². The minimum absolute atomic E-state index is 0.133. The molecule has 0 unspecified atom stereocenters. The van der Waals surface area contributed by atoms with Crippen molar-refractivity contribution in [2.24, 2.45) is 0 Å². The Balaban J connectivity index is 2.56. The summed E-state index contributed by atoms with van der Waals surface area (Å²) < 4.78 is -3.75. The summed E-state index contributed by atoms with van der Waals surface area (Å²) in [5, 5.41) is 0. The first-order chi connectivity index (χ1) is 10.1. The van der Waals surface area contributed by atoms with Crippen molar-refractivity contribution in [1.29, 1.82) is 0 Å². The van der Waals surface area contributed by atoms with Crippen LogP contribution in [0.1, 0.15) is 11.6 Å². The van der Waals surface area contributed by atoms with Gasteiger partial charge in [0, 0.05) is 12.7 Å². The smallest absolute Gasteiger partial charge is 0.250 e. The van der Waals surface area contributed by atoms with Crippen LogP contribution in [-0.2, 0) is 7.59 Å². The Morgan fingerprint density at radius 1 is 0.773 bits per heavy atom. The monoisotopic (exact) mass is 418 g/mol. The lowest BCUT2D eigenvalue weighted by Gasteiger charge is -2.21. The van der Waals surface area contributed by atoms with Crippen molar-refractivity contribution in [3.8, 4) is 0 Å². The highest BCUT2D eigenvalue weighted by Gasteiger charge is 2.34. The molecule has 0 bridgehead atoms. The van der Waals surface area contributed by atoms with Crippen LogP contribution in [0.25, 0.3) is 0 Å². The fourth-order valence-corrected chi connectivity index (χ4v) is 2.04. The normalized spacial score (nSPS) is 12.3. The Kier molecular flexibility index (Phi) is 5.53. The van der Waals surface area contributed by atoms with Crippen molar-refractivity contribution in [3.05, 3.63) is 42.0 Å². The number of alkyl halides is 6. The number of para-hydroxylation sites is 1. The average Bonchev–Trinajstić information content (AvgIpc) is 2.45. The summed E-state index contributed by atoms with van der Waals surface area (Å²) in [5.74, 6) is -0.0814. The molecule has 0 radical (unpaired) electrons. The van der Waals surface area contributed by atoms with E-state index < -0.39 is 7.59 Å². The van der Waals surface area contributed by atoms with Gasteiger partial charge in [-0.2, -0.15) is 9.97 Å². The van der Waals surface area contributed by atoms with Crippen LogP contribution in [0.4, 0.5) is 11.6 Å². The van der Waals surface area contributed by atoms with Crippen LogP contribution in [0, 0.1) is 0 Å². The molecule has 1 heterocycles. The second-order valence-electron chi connectivity index (χ2n) is 4.17. The number of halogens is 6. The van der Waals surface area contributed by atoms with E-state index >= 15 is 0 Å². The van der Waals surface area contributed by atoms with Crippen LogP contribution in [-0.4, -0.2) is 22.0 Å². The molecule has 0 saturated carbocycles. The van der Waals surface area contributed by atoms with Crippen LogP contribution < -0.4 is 4.90 Å². The van der Waals surface area contributed by atoms with Gasteiger partial charge in [-0.3, -0.25) is 0 Å². The van der Waals surface area contributed by atoms with Gasteiger partial charge in [-0.1, -0.05) is 87.8 Å². The molecule has 0 N–H and O–H groups in total. The van der Waals surface area contributed by atoms with Crippen LogP contribution in [0.2, 0.25) is 0 Å². The minimum Gasteiger partial charge on any atom is -0.314 e. The SMILES string of the molecule is CN(c1ccccc1)c1nc(C(Cl)(Cl)Cl)nc(C(Cl)(Cl)Cl)n1. The lowest BCUT2D eigenvalue weighted by Crippen LogP contribution is -2.21. The fourth-order valence-electron chi connectivity index (χ4n) is 1.54. The van der Waals surface area contributed by atoms with Gasteiger partial charge in [0.1, 0.15) is 0 Å². The molecular formula is C12H8Cl6N4. The molecule has 10 heteroatoms. The summed E-state index contributed by atoms with van der Waals surface area (Å²) in [6, 6.07) is 9.31. The topological polar surface area (TPSA) is 41.9 Å². The zero-order valence-electron chi connectivity index (χ0n) is 10.9. The number of aromatic nitrogens is 3. The van der Waals surface area contributed by atoms with Gasteiger partial charge in [-0.05, 0) is 12.1 Å². The highest BCUT2D eigenvalue weighted by molar-refractivity contribution is 6.67. The maximum absolute atomic E-state index is 5.83. The van der Waals surface area contributed by atoms with Crippen molar-refractivity contribution in [2.45, 2.75) is 7.59 Å². The van der Waals surface area contributed by atoms with Crippen molar-refractivity contribution in [3.63, 3.8) is 0 Å². The van der Waals surface area contributed by atoms with Crippen LogP contribution >= 0.6 is 69.6 Å². The molecule has 4 nitrogen and oxygen atoms in total. The summed E-state index contributed by atoms with van der Waals surface area (Å²) in [5.41, 5.74) is 0.805. The highest BCUT2D eigenvalue weighted by atomic mass is 35.6. The molecule has 0 fully saturated rings. The van der Waals surface area contributed by atoms with Gasteiger partial charge in [-0.25, -0.2) is 4.98 Å². The molecule has 0 aliphatic heterocycles. The number of rotatable bonds is 2. The van der Waals surface area contributed by atoms with Gasteiger partial charge in [-0.15, -0.1) is 0 Å². The third-order valence-corrected chi connectivity index (χ3v) is 3.59. The molecule has 2 aromatic rings. The Labute approximate surface area is 157 Å². The van der Waals surface area contributed by atoms with E-state index in [1.807, 2.05) is 30.3 Å². The zero-order chi connectivity index (χ0) is 16.5. The average molecular weight is 421 g/mol. The number of benzene rings is 1. The van der Waals surface area contributed by atoms with Gasteiger partial charge < -0.3 is 4.90 Å². The third-order valence-electron chi connectivity index (χ3n) is 2.57. The zero-order valence-corrected chi connectivity index (χ0v) is 15.5.